The minimum Gasteiger partial charge on any atom is -0.466 e. The lowest BCUT2D eigenvalue weighted by Crippen LogP contribution is -2.37. The molecule has 1 heterocycles. The average molecular weight is 345 g/mol. The summed E-state index contributed by atoms with van der Waals surface area (Å²) in [6, 6.07) is 1.60. The summed E-state index contributed by atoms with van der Waals surface area (Å²) in [4.78, 5) is 37.1. The first-order valence-electron chi connectivity index (χ1n) is 6.94. The molecular formula is C14H14F3N3O4. The summed E-state index contributed by atoms with van der Waals surface area (Å²) in [7, 11) is 0. The van der Waals surface area contributed by atoms with E-state index in [1.165, 1.54) is 0 Å². The molecule has 2 aromatic rings. The van der Waals surface area contributed by atoms with Crippen LogP contribution < -0.4 is 16.9 Å². The summed E-state index contributed by atoms with van der Waals surface area (Å²) < 4.78 is 44.3. The van der Waals surface area contributed by atoms with Crippen molar-refractivity contribution in [2.24, 2.45) is 0 Å². The molecule has 7 nitrogen and oxygen atoms in total. The number of nitrogens with two attached hydrogens (primary N) is 1. The molecule has 0 fully saturated rings. The zero-order valence-electron chi connectivity index (χ0n) is 12.6. The number of carbonyl (C=O) groups excluding carboxylic acids is 1. The number of nitrogens with one attached hydrogen (secondary N) is 1. The van der Waals surface area contributed by atoms with Crippen LogP contribution in [0.4, 0.5) is 18.9 Å². The van der Waals surface area contributed by atoms with Crippen molar-refractivity contribution in [3.05, 3.63) is 38.4 Å². The standard InChI is InChI=1S/C14H14F3N3O4/c1-2-24-11(21)3-4-20-10-6-8(18)7(14(15,16)17)5-9(10)19-12(22)13(20)23/h5-6H,2-4,18H2,1H3,(H,19,22). The Morgan fingerprint density at radius 3 is 2.58 bits per heavy atom. The number of aryl methyl sites for hydroxylation is 1. The van der Waals surface area contributed by atoms with Crippen molar-refractivity contribution in [1.82, 2.24) is 9.55 Å². The molecule has 24 heavy (non-hydrogen) atoms. The van der Waals surface area contributed by atoms with Crippen molar-refractivity contribution in [3.63, 3.8) is 0 Å². The molecule has 0 bridgehead atoms. The average Bonchev–Trinajstić information content (AvgIpc) is 2.47. The normalized spacial score (nSPS) is 11.7. The second-order valence-electron chi connectivity index (χ2n) is 4.92. The van der Waals surface area contributed by atoms with E-state index in [-0.39, 0.29) is 30.6 Å². The Labute approximate surface area is 132 Å². The van der Waals surface area contributed by atoms with Crippen molar-refractivity contribution >= 4 is 22.7 Å². The largest absolute Gasteiger partial charge is 0.466 e. The summed E-state index contributed by atoms with van der Waals surface area (Å²) in [5.41, 5.74) is 1.40. The molecule has 1 aromatic heterocycles. The van der Waals surface area contributed by atoms with Gasteiger partial charge in [0.25, 0.3) is 0 Å². The van der Waals surface area contributed by atoms with Gasteiger partial charge < -0.3 is 20.0 Å². The van der Waals surface area contributed by atoms with E-state index < -0.39 is 34.5 Å². The highest BCUT2D eigenvalue weighted by atomic mass is 19.4. The number of benzene rings is 1. The van der Waals surface area contributed by atoms with Gasteiger partial charge >= 0.3 is 23.3 Å². The van der Waals surface area contributed by atoms with Crippen LogP contribution in [-0.2, 0) is 22.3 Å². The molecule has 0 aliphatic heterocycles. The highest BCUT2D eigenvalue weighted by Crippen LogP contribution is 2.35. The van der Waals surface area contributed by atoms with E-state index in [4.69, 9.17) is 10.5 Å². The monoisotopic (exact) mass is 345 g/mol. The third kappa shape index (κ3) is 3.42. The van der Waals surface area contributed by atoms with Crippen LogP contribution in [0.2, 0.25) is 0 Å². The Bertz CT molecular complexity index is 899. The van der Waals surface area contributed by atoms with Gasteiger partial charge in [0.1, 0.15) is 0 Å². The van der Waals surface area contributed by atoms with Crippen LogP contribution in [0, 0.1) is 0 Å². The van der Waals surface area contributed by atoms with Gasteiger partial charge in [0.05, 0.1) is 29.6 Å². The number of esters is 1. The Morgan fingerprint density at radius 1 is 1.33 bits per heavy atom. The number of H-pyrrole nitrogens is 1. The van der Waals surface area contributed by atoms with Crippen molar-refractivity contribution in [1.29, 1.82) is 0 Å². The van der Waals surface area contributed by atoms with Crippen LogP contribution in [-0.4, -0.2) is 22.1 Å². The highest BCUT2D eigenvalue weighted by molar-refractivity contribution is 5.81. The smallest absolute Gasteiger partial charge is 0.418 e. The molecule has 0 amide bonds. The first-order valence-corrected chi connectivity index (χ1v) is 6.94. The number of hydrogen-bond acceptors (Lipinski definition) is 5. The maximum absolute atomic E-state index is 12.9. The summed E-state index contributed by atoms with van der Waals surface area (Å²) in [5, 5.41) is 0. The van der Waals surface area contributed by atoms with Gasteiger partial charge in [-0.05, 0) is 19.1 Å². The van der Waals surface area contributed by atoms with Gasteiger partial charge in [-0.25, -0.2) is 0 Å². The molecule has 0 radical (unpaired) electrons. The molecule has 0 atom stereocenters. The molecule has 130 valence electrons. The number of halogens is 3. The number of aromatic nitrogens is 2. The number of nitrogens with zero attached hydrogens (tertiary/aromatic N) is 1. The van der Waals surface area contributed by atoms with Gasteiger partial charge in [-0.2, -0.15) is 13.2 Å². The van der Waals surface area contributed by atoms with Crippen molar-refractivity contribution < 1.29 is 22.7 Å². The predicted molar refractivity (Wildman–Crippen MR) is 79.5 cm³/mol. The zero-order valence-corrected chi connectivity index (χ0v) is 12.6. The number of rotatable bonds is 4. The van der Waals surface area contributed by atoms with Gasteiger partial charge in [0.2, 0.25) is 0 Å². The van der Waals surface area contributed by atoms with Crippen molar-refractivity contribution in [2.75, 3.05) is 12.3 Å². The Kier molecular flexibility index (Phi) is 4.67. The lowest BCUT2D eigenvalue weighted by Gasteiger charge is -2.14. The first-order chi connectivity index (χ1) is 11.1. The van der Waals surface area contributed by atoms with E-state index in [1.807, 2.05) is 0 Å². The van der Waals surface area contributed by atoms with Crippen LogP contribution in [0.5, 0.6) is 0 Å². The molecule has 0 aliphatic rings. The van der Waals surface area contributed by atoms with Gasteiger partial charge in [0, 0.05) is 12.2 Å². The SMILES string of the molecule is CCOC(=O)CCn1c(=O)c(=O)[nH]c2cc(C(F)(F)F)c(N)cc21. The fourth-order valence-corrected chi connectivity index (χ4v) is 2.24. The highest BCUT2D eigenvalue weighted by Gasteiger charge is 2.33. The zero-order chi connectivity index (χ0) is 18.1. The Hall–Kier alpha value is -2.78. The number of alkyl halides is 3. The first kappa shape index (κ1) is 17.6. The lowest BCUT2D eigenvalue weighted by molar-refractivity contribution is -0.143. The number of hydrogen-bond donors (Lipinski definition) is 2. The molecule has 2 rings (SSSR count). The molecule has 10 heteroatoms. The summed E-state index contributed by atoms with van der Waals surface area (Å²) in [5.74, 6) is -0.599. The second kappa shape index (κ2) is 6.38. The van der Waals surface area contributed by atoms with E-state index in [9.17, 15) is 27.6 Å². The Balaban J connectivity index is 2.60. The molecule has 1 aromatic carbocycles. The van der Waals surface area contributed by atoms with Crippen molar-refractivity contribution in [3.8, 4) is 0 Å². The third-order valence-electron chi connectivity index (χ3n) is 3.30. The van der Waals surface area contributed by atoms with Crippen LogP contribution in [0.15, 0.2) is 21.7 Å². The predicted octanol–water partition coefficient (Wildman–Crippen LogP) is 1.24. The minimum atomic E-state index is -4.71. The van der Waals surface area contributed by atoms with Gasteiger partial charge in [-0.15, -0.1) is 0 Å². The van der Waals surface area contributed by atoms with Crippen LogP contribution in [0.1, 0.15) is 18.9 Å². The number of anilines is 1. The summed E-state index contributed by atoms with van der Waals surface area (Å²) in [6.45, 7) is 1.53. The number of nitrogen functional groups attached to an aromatic ring is 1. The fraction of sp³-hybridized carbons (Fsp3) is 0.357. The van der Waals surface area contributed by atoms with Crippen LogP contribution in [0.3, 0.4) is 0 Å². The molecule has 0 saturated carbocycles. The van der Waals surface area contributed by atoms with Gasteiger partial charge in [-0.1, -0.05) is 0 Å². The van der Waals surface area contributed by atoms with Gasteiger partial charge in [-0.3, -0.25) is 14.4 Å². The van der Waals surface area contributed by atoms with Crippen molar-refractivity contribution in [2.45, 2.75) is 26.1 Å². The molecule has 0 unspecified atom stereocenters. The van der Waals surface area contributed by atoms with E-state index >= 15 is 0 Å². The Morgan fingerprint density at radius 2 is 2.00 bits per heavy atom. The topological polar surface area (TPSA) is 107 Å². The van der Waals surface area contributed by atoms with Crippen LogP contribution in [0.25, 0.3) is 11.0 Å². The van der Waals surface area contributed by atoms with E-state index in [2.05, 4.69) is 4.98 Å². The molecule has 0 spiro atoms. The molecule has 3 N–H and O–H groups in total. The lowest BCUT2D eigenvalue weighted by atomic mass is 10.1. The number of fused-ring (bicyclic) bond motifs is 1. The van der Waals surface area contributed by atoms with E-state index in [0.29, 0.717) is 6.07 Å². The van der Waals surface area contributed by atoms with Gasteiger partial charge in [0.15, 0.2) is 0 Å². The van der Waals surface area contributed by atoms with E-state index in [1.54, 1.807) is 6.92 Å². The maximum atomic E-state index is 12.9. The number of ether oxygens (including phenoxy) is 1. The fourth-order valence-electron chi connectivity index (χ4n) is 2.24. The van der Waals surface area contributed by atoms with Crippen LogP contribution >= 0.6 is 0 Å². The summed E-state index contributed by atoms with van der Waals surface area (Å²) in [6.07, 6.45) is -4.92. The minimum absolute atomic E-state index is 0.00519. The third-order valence-corrected chi connectivity index (χ3v) is 3.30. The summed E-state index contributed by atoms with van der Waals surface area (Å²) >= 11 is 0. The molecule has 0 aliphatic carbocycles. The maximum Gasteiger partial charge on any atom is 0.418 e. The number of aromatic amines is 1. The number of carbonyl (C=O) groups is 1. The molecular weight excluding hydrogens is 331 g/mol. The molecule has 0 saturated heterocycles. The quantitative estimate of drug-likeness (QED) is 0.493. The second-order valence-corrected chi connectivity index (χ2v) is 4.92. The van der Waals surface area contributed by atoms with E-state index in [0.717, 1.165) is 10.6 Å².